The quantitative estimate of drug-likeness (QED) is 0.654. The fraction of sp³-hybridized carbons (Fsp3) is 0. The van der Waals surface area contributed by atoms with Gasteiger partial charge < -0.3 is 9.68 Å². The Hall–Kier alpha value is -1.22. The highest BCUT2D eigenvalue weighted by molar-refractivity contribution is 6.49. The van der Waals surface area contributed by atoms with Crippen molar-refractivity contribution in [1.82, 2.24) is 0 Å². The molecular formula is C8H9BO2. The minimum atomic E-state index is -0.919. The van der Waals surface area contributed by atoms with Crippen LogP contribution in [0, 0.1) is 0 Å². The number of benzene rings is 1. The third-order valence-electron chi connectivity index (χ3n) is 1.20. The van der Waals surface area contributed by atoms with Crippen LogP contribution in [0.1, 0.15) is 0 Å². The SMILES string of the molecule is C=CB(O)Oc1ccccc1. The highest BCUT2D eigenvalue weighted by Gasteiger charge is 2.07. The highest BCUT2D eigenvalue weighted by atomic mass is 16.5. The molecule has 0 aromatic heterocycles. The van der Waals surface area contributed by atoms with Gasteiger partial charge in [0.15, 0.2) is 0 Å². The highest BCUT2D eigenvalue weighted by Crippen LogP contribution is 2.08. The topological polar surface area (TPSA) is 29.5 Å². The molecule has 0 saturated carbocycles. The monoisotopic (exact) mass is 148 g/mol. The molecule has 1 rings (SSSR count). The van der Waals surface area contributed by atoms with E-state index in [9.17, 15) is 0 Å². The van der Waals surface area contributed by atoms with Crippen molar-refractivity contribution in [2.75, 3.05) is 0 Å². The molecule has 2 nitrogen and oxygen atoms in total. The normalized spacial score (nSPS) is 8.82. The molecule has 0 amide bonds. The third kappa shape index (κ3) is 2.47. The van der Waals surface area contributed by atoms with Crippen LogP contribution >= 0.6 is 0 Å². The average Bonchev–Trinajstić information content (AvgIpc) is 2.06. The summed E-state index contributed by atoms with van der Waals surface area (Å²) in [7, 11) is -0.919. The molecule has 0 atom stereocenters. The third-order valence-corrected chi connectivity index (χ3v) is 1.20. The van der Waals surface area contributed by atoms with E-state index in [-0.39, 0.29) is 0 Å². The standard InChI is InChI=1S/C8H9BO2/c1-2-9(10)11-8-6-4-3-5-7-8/h2-7,10H,1H2. The Morgan fingerprint density at radius 3 is 2.55 bits per heavy atom. The second-order valence-electron chi connectivity index (χ2n) is 2.06. The van der Waals surface area contributed by atoms with Crippen molar-refractivity contribution in [1.29, 1.82) is 0 Å². The first-order valence-corrected chi connectivity index (χ1v) is 3.35. The van der Waals surface area contributed by atoms with Gasteiger partial charge in [-0.1, -0.05) is 18.2 Å². The van der Waals surface area contributed by atoms with E-state index in [2.05, 4.69) is 6.58 Å². The molecule has 0 spiro atoms. The van der Waals surface area contributed by atoms with Gasteiger partial charge in [0, 0.05) is 0 Å². The molecule has 0 aliphatic carbocycles. The minimum absolute atomic E-state index is 0.639. The van der Waals surface area contributed by atoms with Gasteiger partial charge in [0.2, 0.25) is 0 Å². The molecule has 0 heterocycles. The van der Waals surface area contributed by atoms with Gasteiger partial charge in [0.1, 0.15) is 5.75 Å². The maximum Gasteiger partial charge on any atom is 0.551 e. The fourth-order valence-corrected chi connectivity index (χ4v) is 0.687. The van der Waals surface area contributed by atoms with Gasteiger partial charge in [-0.15, -0.1) is 6.58 Å². The Bertz CT molecular complexity index is 223. The van der Waals surface area contributed by atoms with Gasteiger partial charge in [-0.25, -0.2) is 0 Å². The number of hydrogen-bond acceptors (Lipinski definition) is 2. The van der Waals surface area contributed by atoms with Crippen molar-refractivity contribution < 1.29 is 9.68 Å². The molecule has 0 aliphatic heterocycles. The molecule has 0 unspecified atom stereocenters. The molecule has 11 heavy (non-hydrogen) atoms. The van der Waals surface area contributed by atoms with Gasteiger partial charge in [-0.05, 0) is 18.1 Å². The summed E-state index contributed by atoms with van der Waals surface area (Å²) in [5.41, 5.74) is 0. The summed E-state index contributed by atoms with van der Waals surface area (Å²) in [6, 6.07) is 9.10. The van der Waals surface area contributed by atoms with Crippen molar-refractivity contribution in [3.63, 3.8) is 0 Å². The lowest BCUT2D eigenvalue weighted by atomic mass is 9.92. The summed E-state index contributed by atoms with van der Waals surface area (Å²) in [5.74, 6) is 1.97. The maximum atomic E-state index is 8.97. The van der Waals surface area contributed by atoms with E-state index >= 15 is 0 Å². The first-order valence-electron chi connectivity index (χ1n) is 3.35. The molecule has 0 fully saturated rings. The minimum Gasteiger partial charge on any atom is -0.533 e. The van der Waals surface area contributed by atoms with Gasteiger partial charge >= 0.3 is 7.12 Å². The summed E-state index contributed by atoms with van der Waals surface area (Å²) >= 11 is 0. The van der Waals surface area contributed by atoms with Gasteiger partial charge in [0.25, 0.3) is 0 Å². The van der Waals surface area contributed by atoms with E-state index in [1.165, 1.54) is 5.98 Å². The predicted molar refractivity (Wildman–Crippen MR) is 45.2 cm³/mol. The Labute approximate surface area is 66.3 Å². The van der Waals surface area contributed by atoms with Crippen molar-refractivity contribution in [3.8, 4) is 5.75 Å². The lowest BCUT2D eigenvalue weighted by molar-refractivity contribution is 0.431. The Kier molecular flexibility index (Phi) is 2.75. The zero-order chi connectivity index (χ0) is 8.10. The Morgan fingerprint density at radius 2 is 2.00 bits per heavy atom. The molecule has 1 aromatic rings. The van der Waals surface area contributed by atoms with Crippen LogP contribution < -0.4 is 4.65 Å². The zero-order valence-corrected chi connectivity index (χ0v) is 6.10. The van der Waals surface area contributed by atoms with E-state index in [0.717, 1.165) is 0 Å². The molecule has 1 aromatic carbocycles. The van der Waals surface area contributed by atoms with E-state index in [0.29, 0.717) is 5.75 Å². The van der Waals surface area contributed by atoms with Crippen LogP contribution in [-0.4, -0.2) is 12.1 Å². The summed E-state index contributed by atoms with van der Waals surface area (Å²) in [6.45, 7) is 3.38. The second kappa shape index (κ2) is 3.83. The summed E-state index contributed by atoms with van der Waals surface area (Å²) < 4.78 is 5.00. The molecule has 0 aliphatic rings. The van der Waals surface area contributed by atoms with Crippen LogP contribution in [-0.2, 0) is 0 Å². The Morgan fingerprint density at radius 1 is 1.36 bits per heavy atom. The molecule has 1 N–H and O–H groups in total. The fourth-order valence-electron chi connectivity index (χ4n) is 0.687. The van der Waals surface area contributed by atoms with E-state index in [1.54, 1.807) is 12.1 Å². The second-order valence-corrected chi connectivity index (χ2v) is 2.06. The van der Waals surface area contributed by atoms with Crippen LogP contribution in [0.4, 0.5) is 0 Å². The van der Waals surface area contributed by atoms with E-state index in [4.69, 9.17) is 9.68 Å². The smallest absolute Gasteiger partial charge is 0.533 e. The van der Waals surface area contributed by atoms with Crippen LogP contribution in [0.5, 0.6) is 5.75 Å². The number of hydrogen-bond donors (Lipinski definition) is 1. The predicted octanol–water partition coefficient (Wildman–Crippen LogP) is 1.27. The zero-order valence-electron chi connectivity index (χ0n) is 6.10. The van der Waals surface area contributed by atoms with E-state index in [1.807, 2.05) is 18.2 Å². The average molecular weight is 148 g/mol. The maximum absolute atomic E-state index is 8.97. The molecule has 0 radical (unpaired) electrons. The van der Waals surface area contributed by atoms with Crippen LogP contribution in [0.25, 0.3) is 0 Å². The largest absolute Gasteiger partial charge is 0.551 e. The van der Waals surface area contributed by atoms with Gasteiger partial charge in [0.05, 0.1) is 0 Å². The summed E-state index contributed by atoms with van der Waals surface area (Å²) in [4.78, 5) is 0. The van der Waals surface area contributed by atoms with E-state index < -0.39 is 7.12 Å². The molecule has 56 valence electrons. The summed E-state index contributed by atoms with van der Waals surface area (Å²) in [5, 5.41) is 8.97. The Balaban J connectivity index is 2.57. The van der Waals surface area contributed by atoms with Crippen molar-refractivity contribution in [3.05, 3.63) is 42.9 Å². The van der Waals surface area contributed by atoms with Crippen molar-refractivity contribution >= 4 is 7.12 Å². The molecule has 0 saturated heterocycles. The van der Waals surface area contributed by atoms with Gasteiger partial charge in [-0.2, -0.15) is 0 Å². The molecular weight excluding hydrogens is 139 g/mol. The molecule has 3 heteroatoms. The van der Waals surface area contributed by atoms with Gasteiger partial charge in [-0.3, -0.25) is 0 Å². The van der Waals surface area contributed by atoms with Crippen LogP contribution in [0.15, 0.2) is 42.9 Å². The van der Waals surface area contributed by atoms with Crippen molar-refractivity contribution in [2.24, 2.45) is 0 Å². The first-order chi connectivity index (χ1) is 5.33. The summed E-state index contributed by atoms with van der Waals surface area (Å²) in [6.07, 6.45) is 0. The van der Waals surface area contributed by atoms with Crippen LogP contribution in [0.2, 0.25) is 0 Å². The lowest BCUT2D eigenvalue weighted by Gasteiger charge is -2.04. The lowest BCUT2D eigenvalue weighted by Crippen LogP contribution is -2.17. The van der Waals surface area contributed by atoms with Crippen LogP contribution in [0.3, 0.4) is 0 Å². The molecule has 0 bridgehead atoms. The number of rotatable bonds is 3. The first kappa shape index (κ1) is 7.89. The number of para-hydroxylation sites is 1. The van der Waals surface area contributed by atoms with Crippen molar-refractivity contribution in [2.45, 2.75) is 0 Å².